The number of carbonyl (C=O) groups excluding carboxylic acids is 1. The number of carbonyl (C=O) groups is 1. The topological polar surface area (TPSA) is 46.5 Å². The van der Waals surface area contributed by atoms with Crippen molar-refractivity contribution in [3.63, 3.8) is 0 Å². The van der Waals surface area contributed by atoms with Crippen molar-refractivity contribution in [3.8, 4) is 0 Å². The van der Waals surface area contributed by atoms with Gasteiger partial charge in [-0.3, -0.25) is 4.79 Å². The maximum absolute atomic E-state index is 11.6. The molecular formula is C22H44O3. The molecule has 3 heteroatoms. The van der Waals surface area contributed by atoms with Crippen LogP contribution in [0.3, 0.4) is 0 Å². The summed E-state index contributed by atoms with van der Waals surface area (Å²) in [5.74, 6) is -0.0730. The first kappa shape index (κ1) is 24.4. The smallest absolute Gasteiger partial charge is 0.306 e. The van der Waals surface area contributed by atoms with Crippen LogP contribution < -0.4 is 0 Å². The molecule has 3 nitrogen and oxygen atoms in total. The van der Waals surface area contributed by atoms with Crippen LogP contribution in [0.5, 0.6) is 0 Å². The van der Waals surface area contributed by atoms with Gasteiger partial charge >= 0.3 is 5.97 Å². The minimum Gasteiger partial charge on any atom is -0.460 e. The van der Waals surface area contributed by atoms with Gasteiger partial charge in [-0.1, -0.05) is 77.6 Å². The second-order valence-corrected chi connectivity index (χ2v) is 8.46. The quantitative estimate of drug-likeness (QED) is 0.251. The van der Waals surface area contributed by atoms with Gasteiger partial charge in [0.1, 0.15) is 5.60 Å². The molecular weight excluding hydrogens is 312 g/mol. The fraction of sp³-hybridized carbons (Fsp3) is 0.955. The molecule has 0 spiro atoms. The molecule has 0 radical (unpaired) electrons. The van der Waals surface area contributed by atoms with E-state index in [2.05, 4.69) is 6.92 Å². The van der Waals surface area contributed by atoms with Crippen LogP contribution in [0.2, 0.25) is 0 Å². The van der Waals surface area contributed by atoms with Gasteiger partial charge in [0.2, 0.25) is 0 Å². The van der Waals surface area contributed by atoms with Crippen LogP contribution in [0.1, 0.15) is 124 Å². The molecule has 0 aromatic heterocycles. The first-order valence-corrected chi connectivity index (χ1v) is 10.7. The second-order valence-electron chi connectivity index (χ2n) is 8.46. The average Bonchev–Trinajstić information content (AvgIpc) is 2.51. The largest absolute Gasteiger partial charge is 0.460 e. The molecule has 0 aliphatic carbocycles. The lowest BCUT2D eigenvalue weighted by Gasteiger charge is -2.19. The van der Waals surface area contributed by atoms with Gasteiger partial charge in [-0.25, -0.2) is 0 Å². The monoisotopic (exact) mass is 356 g/mol. The van der Waals surface area contributed by atoms with Crippen LogP contribution in [0.15, 0.2) is 0 Å². The molecule has 25 heavy (non-hydrogen) atoms. The van der Waals surface area contributed by atoms with Crippen molar-refractivity contribution in [2.75, 3.05) is 0 Å². The molecule has 0 aliphatic rings. The Hall–Kier alpha value is -0.570. The highest BCUT2D eigenvalue weighted by molar-refractivity contribution is 5.69. The van der Waals surface area contributed by atoms with E-state index in [1.54, 1.807) is 0 Å². The van der Waals surface area contributed by atoms with E-state index in [1.165, 1.54) is 57.8 Å². The van der Waals surface area contributed by atoms with E-state index >= 15 is 0 Å². The van der Waals surface area contributed by atoms with Crippen LogP contribution in [-0.4, -0.2) is 22.8 Å². The minimum absolute atomic E-state index is 0.0730. The molecule has 0 bridgehead atoms. The van der Waals surface area contributed by atoms with Gasteiger partial charge in [0.05, 0.1) is 6.10 Å². The lowest BCUT2D eigenvalue weighted by atomic mass is 10.0. The highest BCUT2D eigenvalue weighted by Crippen LogP contribution is 2.15. The molecule has 0 aromatic rings. The van der Waals surface area contributed by atoms with Gasteiger partial charge in [-0.15, -0.1) is 0 Å². The molecule has 0 aliphatic heterocycles. The van der Waals surface area contributed by atoms with Gasteiger partial charge in [0, 0.05) is 6.42 Å². The minimum atomic E-state index is -0.364. The SMILES string of the molecule is CCCCCCCC(O)CCCCCCCCCC(=O)OC(C)(C)C. The standard InChI is InChI=1S/C22H44O3/c1-5-6-7-11-14-17-20(23)18-15-12-9-8-10-13-16-19-21(24)25-22(2,3)4/h20,23H,5-19H2,1-4H3. The maximum atomic E-state index is 11.6. The Balaban J connectivity index is 3.29. The van der Waals surface area contributed by atoms with Crippen molar-refractivity contribution >= 4 is 5.97 Å². The van der Waals surface area contributed by atoms with E-state index in [-0.39, 0.29) is 17.7 Å². The average molecular weight is 357 g/mol. The second kappa shape index (κ2) is 15.7. The Morgan fingerprint density at radius 2 is 1.24 bits per heavy atom. The number of aliphatic hydroxyl groups is 1. The van der Waals surface area contributed by atoms with E-state index in [0.29, 0.717) is 6.42 Å². The Bertz CT molecular complexity index is 307. The van der Waals surface area contributed by atoms with Crippen LogP contribution in [0, 0.1) is 0 Å². The Morgan fingerprint density at radius 3 is 1.72 bits per heavy atom. The summed E-state index contributed by atoms with van der Waals surface area (Å²) in [4.78, 5) is 11.6. The van der Waals surface area contributed by atoms with Crippen LogP contribution in [-0.2, 0) is 9.53 Å². The van der Waals surface area contributed by atoms with E-state index < -0.39 is 0 Å². The highest BCUT2D eigenvalue weighted by Gasteiger charge is 2.15. The summed E-state index contributed by atoms with van der Waals surface area (Å²) in [6.07, 6.45) is 16.9. The third-order valence-corrected chi connectivity index (χ3v) is 4.48. The third kappa shape index (κ3) is 19.6. The van der Waals surface area contributed by atoms with Gasteiger partial charge in [0.25, 0.3) is 0 Å². The molecule has 0 aromatic carbocycles. The first-order valence-electron chi connectivity index (χ1n) is 10.7. The summed E-state index contributed by atoms with van der Waals surface area (Å²) in [6, 6.07) is 0. The van der Waals surface area contributed by atoms with Crippen molar-refractivity contribution in [3.05, 3.63) is 0 Å². The van der Waals surface area contributed by atoms with Crippen LogP contribution in [0.4, 0.5) is 0 Å². The number of hydrogen-bond donors (Lipinski definition) is 1. The summed E-state index contributed by atoms with van der Waals surface area (Å²) in [7, 11) is 0. The zero-order valence-electron chi connectivity index (χ0n) is 17.4. The zero-order chi connectivity index (χ0) is 19.0. The molecule has 1 atom stereocenters. The van der Waals surface area contributed by atoms with Gasteiger partial charge in [-0.2, -0.15) is 0 Å². The fourth-order valence-corrected chi connectivity index (χ4v) is 3.05. The predicted molar refractivity (Wildman–Crippen MR) is 107 cm³/mol. The van der Waals surface area contributed by atoms with Crippen LogP contribution >= 0.6 is 0 Å². The summed E-state index contributed by atoms with van der Waals surface area (Å²) >= 11 is 0. The summed E-state index contributed by atoms with van der Waals surface area (Å²) in [5, 5.41) is 9.97. The van der Waals surface area contributed by atoms with Crippen molar-refractivity contribution in [2.45, 2.75) is 136 Å². The van der Waals surface area contributed by atoms with Crippen molar-refractivity contribution in [1.29, 1.82) is 0 Å². The number of hydrogen-bond acceptors (Lipinski definition) is 3. The number of ether oxygens (including phenoxy) is 1. The zero-order valence-corrected chi connectivity index (χ0v) is 17.4. The Kier molecular flexibility index (Phi) is 15.3. The van der Waals surface area contributed by atoms with Gasteiger partial charge in [0.15, 0.2) is 0 Å². The molecule has 150 valence electrons. The normalized spacial score (nSPS) is 13.0. The van der Waals surface area contributed by atoms with Crippen LogP contribution in [0.25, 0.3) is 0 Å². The van der Waals surface area contributed by atoms with Crippen molar-refractivity contribution in [1.82, 2.24) is 0 Å². The van der Waals surface area contributed by atoms with Crippen molar-refractivity contribution < 1.29 is 14.6 Å². The lowest BCUT2D eigenvalue weighted by molar-refractivity contribution is -0.154. The number of esters is 1. The van der Waals surface area contributed by atoms with E-state index in [4.69, 9.17) is 4.74 Å². The molecule has 0 saturated carbocycles. The third-order valence-electron chi connectivity index (χ3n) is 4.48. The van der Waals surface area contributed by atoms with Crippen molar-refractivity contribution in [2.24, 2.45) is 0 Å². The molecule has 0 saturated heterocycles. The summed E-state index contributed by atoms with van der Waals surface area (Å²) < 4.78 is 5.30. The summed E-state index contributed by atoms with van der Waals surface area (Å²) in [5.41, 5.74) is -0.364. The maximum Gasteiger partial charge on any atom is 0.306 e. The highest BCUT2D eigenvalue weighted by atomic mass is 16.6. The van der Waals surface area contributed by atoms with E-state index in [0.717, 1.165) is 32.1 Å². The molecule has 1 unspecified atom stereocenters. The Morgan fingerprint density at radius 1 is 0.800 bits per heavy atom. The summed E-state index contributed by atoms with van der Waals surface area (Å²) in [6.45, 7) is 7.97. The predicted octanol–water partition coefficient (Wildman–Crippen LogP) is 6.56. The number of rotatable bonds is 16. The molecule has 0 heterocycles. The van der Waals surface area contributed by atoms with Gasteiger partial charge < -0.3 is 9.84 Å². The molecule has 1 N–H and O–H groups in total. The number of unbranched alkanes of at least 4 members (excludes halogenated alkanes) is 10. The van der Waals surface area contributed by atoms with Gasteiger partial charge in [-0.05, 0) is 40.0 Å². The van der Waals surface area contributed by atoms with E-state index in [9.17, 15) is 9.90 Å². The lowest BCUT2D eigenvalue weighted by Crippen LogP contribution is -2.23. The molecule has 0 amide bonds. The first-order chi connectivity index (χ1) is 11.8. The van der Waals surface area contributed by atoms with E-state index in [1.807, 2.05) is 20.8 Å². The Labute approximate surface area is 156 Å². The fourth-order valence-electron chi connectivity index (χ4n) is 3.05. The number of aliphatic hydroxyl groups excluding tert-OH is 1. The molecule has 0 rings (SSSR count). The molecule has 0 fully saturated rings.